The Morgan fingerprint density at radius 1 is 1.08 bits per heavy atom. The van der Waals surface area contributed by atoms with Gasteiger partial charge in [0.25, 0.3) is 10.0 Å². The molecule has 0 saturated carbocycles. The molecule has 0 bridgehead atoms. The molecule has 3 rings (SSSR count). The Hall–Kier alpha value is -2.19. The van der Waals surface area contributed by atoms with Gasteiger partial charge in [-0.05, 0) is 42.0 Å². The predicted octanol–water partition coefficient (Wildman–Crippen LogP) is 3.63. The molecule has 0 saturated heterocycles. The summed E-state index contributed by atoms with van der Waals surface area (Å²) >= 11 is 3.37. The van der Waals surface area contributed by atoms with Crippen molar-refractivity contribution >= 4 is 31.6 Å². The fourth-order valence-electron chi connectivity index (χ4n) is 2.11. The van der Waals surface area contributed by atoms with Crippen LogP contribution in [-0.4, -0.2) is 18.2 Å². The summed E-state index contributed by atoms with van der Waals surface area (Å²) in [5.74, 6) is -0.490. The van der Waals surface area contributed by atoms with E-state index in [-0.39, 0.29) is 4.90 Å². The van der Waals surface area contributed by atoms with Crippen LogP contribution in [0.1, 0.15) is 5.56 Å². The summed E-state index contributed by atoms with van der Waals surface area (Å²) in [7, 11) is -3.77. The number of halogens is 2. The molecule has 2 aromatic carbocycles. The molecule has 1 N–H and O–H groups in total. The molecule has 0 unspecified atom stereocenters. The first-order valence-corrected chi connectivity index (χ1v) is 9.25. The van der Waals surface area contributed by atoms with Gasteiger partial charge in [-0.1, -0.05) is 28.1 Å². The largest absolute Gasteiger partial charge is 0.276 e. The topological polar surface area (TPSA) is 64.0 Å². The van der Waals surface area contributed by atoms with E-state index in [1.807, 2.05) is 24.3 Å². The van der Waals surface area contributed by atoms with Crippen molar-refractivity contribution in [3.8, 4) is 0 Å². The van der Waals surface area contributed by atoms with Gasteiger partial charge < -0.3 is 0 Å². The minimum atomic E-state index is -3.77. The van der Waals surface area contributed by atoms with Crippen molar-refractivity contribution in [3.05, 3.63) is 76.8 Å². The molecule has 3 aromatic rings. The molecular formula is C16H13BrFN3O2S. The zero-order valence-corrected chi connectivity index (χ0v) is 14.8. The Labute approximate surface area is 147 Å². The lowest BCUT2D eigenvalue weighted by molar-refractivity contribution is 0.599. The Bertz CT molecular complexity index is 938. The number of aromatic nitrogens is 2. The van der Waals surface area contributed by atoms with E-state index >= 15 is 0 Å². The third kappa shape index (κ3) is 4.01. The maximum absolute atomic E-state index is 12.9. The maximum Gasteiger partial charge on any atom is 0.261 e. The maximum atomic E-state index is 12.9. The number of sulfonamides is 1. The Morgan fingerprint density at radius 2 is 1.75 bits per heavy atom. The molecule has 1 heterocycles. The molecule has 0 spiro atoms. The normalized spacial score (nSPS) is 11.4. The van der Waals surface area contributed by atoms with E-state index in [0.717, 1.165) is 22.2 Å². The second-order valence-corrected chi connectivity index (χ2v) is 7.71. The van der Waals surface area contributed by atoms with Crippen LogP contribution in [0.3, 0.4) is 0 Å². The van der Waals surface area contributed by atoms with Crippen LogP contribution in [0.15, 0.2) is 70.3 Å². The number of benzene rings is 2. The molecule has 8 heteroatoms. The minimum absolute atomic E-state index is 0.00967. The summed E-state index contributed by atoms with van der Waals surface area (Å²) in [5, 5.41) is 4.14. The van der Waals surface area contributed by atoms with Gasteiger partial charge in [0.1, 0.15) is 5.82 Å². The molecule has 0 aliphatic heterocycles. The average molecular weight is 410 g/mol. The highest BCUT2D eigenvalue weighted by molar-refractivity contribution is 9.10. The van der Waals surface area contributed by atoms with Crippen LogP contribution < -0.4 is 4.72 Å². The molecule has 0 atom stereocenters. The molecule has 0 aliphatic carbocycles. The van der Waals surface area contributed by atoms with Gasteiger partial charge in [-0.25, -0.2) is 12.8 Å². The summed E-state index contributed by atoms with van der Waals surface area (Å²) in [6, 6.07) is 12.4. The van der Waals surface area contributed by atoms with Crippen LogP contribution in [0, 0.1) is 5.82 Å². The lowest BCUT2D eigenvalue weighted by atomic mass is 10.2. The quantitative estimate of drug-likeness (QED) is 0.699. The molecule has 1 aromatic heterocycles. The van der Waals surface area contributed by atoms with Gasteiger partial charge in [-0.15, -0.1) is 0 Å². The second-order valence-electron chi connectivity index (χ2n) is 5.11. The first-order chi connectivity index (χ1) is 11.4. The van der Waals surface area contributed by atoms with Gasteiger partial charge in [-0.3, -0.25) is 9.40 Å². The summed E-state index contributed by atoms with van der Waals surface area (Å²) in [5.41, 5.74) is 1.38. The van der Waals surface area contributed by atoms with Crippen LogP contribution in [0.5, 0.6) is 0 Å². The third-order valence-electron chi connectivity index (χ3n) is 3.27. The van der Waals surface area contributed by atoms with Crippen LogP contribution in [0.2, 0.25) is 0 Å². The monoisotopic (exact) mass is 409 g/mol. The fraction of sp³-hybridized carbons (Fsp3) is 0.0625. The highest BCUT2D eigenvalue weighted by Gasteiger charge is 2.15. The molecule has 0 aliphatic rings. The molecular weight excluding hydrogens is 397 g/mol. The number of hydrogen-bond donors (Lipinski definition) is 1. The van der Waals surface area contributed by atoms with Gasteiger partial charge >= 0.3 is 0 Å². The van der Waals surface area contributed by atoms with Crippen LogP contribution in [0.25, 0.3) is 0 Å². The van der Waals surface area contributed by atoms with Crippen LogP contribution in [0.4, 0.5) is 10.1 Å². The lowest BCUT2D eigenvalue weighted by Crippen LogP contribution is -2.12. The van der Waals surface area contributed by atoms with E-state index in [9.17, 15) is 12.8 Å². The average Bonchev–Trinajstić information content (AvgIpc) is 2.96. The Kier molecular flexibility index (Phi) is 4.68. The van der Waals surface area contributed by atoms with Gasteiger partial charge in [0.2, 0.25) is 0 Å². The number of anilines is 1. The van der Waals surface area contributed by atoms with Crippen molar-refractivity contribution in [1.29, 1.82) is 0 Å². The molecule has 0 amide bonds. The summed E-state index contributed by atoms with van der Waals surface area (Å²) < 4.78 is 42.4. The van der Waals surface area contributed by atoms with Gasteiger partial charge in [0.15, 0.2) is 0 Å². The number of nitrogens with one attached hydrogen (secondary N) is 1. The predicted molar refractivity (Wildman–Crippen MR) is 92.7 cm³/mol. The lowest BCUT2D eigenvalue weighted by Gasteiger charge is -2.05. The zero-order chi connectivity index (χ0) is 17.2. The standard InChI is InChI=1S/C16H13BrFN3O2S/c17-13-3-1-12(2-4-13)10-21-11-15(9-19-21)20-24(22,23)16-7-5-14(18)6-8-16/h1-9,11,20H,10H2. The van der Waals surface area contributed by atoms with Crippen molar-refractivity contribution in [1.82, 2.24) is 9.78 Å². The van der Waals surface area contributed by atoms with Crippen molar-refractivity contribution in [3.63, 3.8) is 0 Å². The molecule has 0 radical (unpaired) electrons. The van der Waals surface area contributed by atoms with Crippen molar-refractivity contribution in [2.75, 3.05) is 4.72 Å². The van der Waals surface area contributed by atoms with E-state index in [4.69, 9.17) is 0 Å². The van der Waals surface area contributed by atoms with Gasteiger partial charge in [0, 0.05) is 10.7 Å². The van der Waals surface area contributed by atoms with Gasteiger partial charge in [-0.2, -0.15) is 5.10 Å². The Balaban J connectivity index is 1.73. The van der Waals surface area contributed by atoms with E-state index in [0.29, 0.717) is 12.2 Å². The first-order valence-electron chi connectivity index (χ1n) is 6.98. The van der Waals surface area contributed by atoms with E-state index in [2.05, 4.69) is 25.8 Å². The van der Waals surface area contributed by atoms with Crippen molar-refractivity contribution in [2.24, 2.45) is 0 Å². The minimum Gasteiger partial charge on any atom is -0.276 e. The van der Waals surface area contributed by atoms with E-state index in [1.54, 1.807) is 10.9 Å². The fourth-order valence-corrected chi connectivity index (χ4v) is 3.40. The zero-order valence-electron chi connectivity index (χ0n) is 12.4. The second kappa shape index (κ2) is 6.74. The van der Waals surface area contributed by atoms with Gasteiger partial charge in [0.05, 0.1) is 23.3 Å². The first kappa shape index (κ1) is 16.7. The summed E-state index contributed by atoms with van der Waals surface area (Å²) in [6.45, 7) is 0.519. The van der Waals surface area contributed by atoms with Crippen LogP contribution in [-0.2, 0) is 16.6 Å². The number of nitrogens with zero attached hydrogens (tertiary/aromatic N) is 2. The van der Waals surface area contributed by atoms with E-state index < -0.39 is 15.8 Å². The smallest absolute Gasteiger partial charge is 0.261 e. The molecule has 124 valence electrons. The SMILES string of the molecule is O=S(=O)(Nc1cnn(Cc2ccc(Br)cc2)c1)c1ccc(F)cc1. The summed E-state index contributed by atoms with van der Waals surface area (Å²) in [6.07, 6.45) is 3.03. The summed E-state index contributed by atoms with van der Waals surface area (Å²) in [4.78, 5) is -0.00967. The molecule has 24 heavy (non-hydrogen) atoms. The molecule has 5 nitrogen and oxygen atoms in total. The van der Waals surface area contributed by atoms with Crippen molar-refractivity contribution in [2.45, 2.75) is 11.4 Å². The Morgan fingerprint density at radius 3 is 2.42 bits per heavy atom. The number of hydrogen-bond acceptors (Lipinski definition) is 3. The third-order valence-corrected chi connectivity index (χ3v) is 5.19. The van der Waals surface area contributed by atoms with E-state index in [1.165, 1.54) is 18.3 Å². The van der Waals surface area contributed by atoms with Crippen LogP contribution >= 0.6 is 15.9 Å². The highest BCUT2D eigenvalue weighted by Crippen LogP contribution is 2.17. The molecule has 0 fully saturated rings. The van der Waals surface area contributed by atoms with Crippen molar-refractivity contribution < 1.29 is 12.8 Å². The highest BCUT2D eigenvalue weighted by atomic mass is 79.9. The number of rotatable bonds is 5.